The van der Waals surface area contributed by atoms with E-state index in [0.29, 0.717) is 0 Å². The van der Waals surface area contributed by atoms with Gasteiger partial charge in [-0.3, -0.25) is 4.79 Å². The summed E-state index contributed by atoms with van der Waals surface area (Å²) < 4.78 is 0. The van der Waals surface area contributed by atoms with E-state index >= 15 is 0 Å². The second-order valence-electron chi connectivity index (χ2n) is 5.69. The molecule has 0 amide bonds. The second kappa shape index (κ2) is 5.11. The molecular weight excluding hydrogens is 224 g/mol. The highest BCUT2D eigenvalue weighted by Crippen LogP contribution is 2.20. The third-order valence-corrected chi connectivity index (χ3v) is 3.43. The van der Waals surface area contributed by atoms with Gasteiger partial charge in [-0.15, -0.1) is 0 Å². The highest BCUT2D eigenvalue weighted by atomic mass is 16.1. The number of anilines is 1. The van der Waals surface area contributed by atoms with Crippen LogP contribution in [-0.2, 0) is 0 Å². The van der Waals surface area contributed by atoms with E-state index in [0.717, 1.165) is 31.6 Å². The van der Waals surface area contributed by atoms with E-state index in [-0.39, 0.29) is 11.3 Å². The number of carbonyl (C=O) groups excluding carboxylic acids is 1. The molecule has 1 heterocycles. The lowest BCUT2D eigenvalue weighted by atomic mass is 10.0. The Bertz CT molecular complexity index is 423. The van der Waals surface area contributed by atoms with Gasteiger partial charge in [-0.25, -0.2) is 0 Å². The van der Waals surface area contributed by atoms with Gasteiger partial charge in [-0.05, 0) is 58.0 Å². The van der Waals surface area contributed by atoms with Crippen molar-refractivity contribution >= 4 is 11.5 Å². The van der Waals surface area contributed by atoms with E-state index in [1.807, 2.05) is 12.1 Å². The number of hydrogen-bond acceptors (Lipinski definition) is 3. The molecule has 1 aliphatic rings. The van der Waals surface area contributed by atoms with Gasteiger partial charge in [0.05, 0.1) is 0 Å². The zero-order valence-corrected chi connectivity index (χ0v) is 11.5. The SMILES string of the molecule is CC(=O)c1ccc(N2CCCNC(C)(C)C2)cc1. The molecule has 1 N–H and O–H groups in total. The number of nitrogens with one attached hydrogen (secondary N) is 1. The van der Waals surface area contributed by atoms with Crippen molar-refractivity contribution in [3.8, 4) is 0 Å². The molecule has 1 aliphatic heterocycles. The molecule has 0 aliphatic carbocycles. The molecule has 2 rings (SSSR count). The minimum Gasteiger partial charge on any atom is -0.370 e. The van der Waals surface area contributed by atoms with Crippen molar-refractivity contribution in [1.82, 2.24) is 5.32 Å². The fraction of sp³-hybridized carbons (Fsp3) is 0.533. The number of benzene rings is 1. The third kappa shape index (κ3) is 3.10. The molecule has 0 spiro atoms. The van der Waals surface area contributed by atoms with E-state index < -0.39 is 0 Å². The lowest BCUT2D eigenvalue weighted by Gasteiger charge is -2.31. The highest BCUT2D eigenvalue weighted by Gasteiger charge is 2.24. The first-order valence-corrected chi connectivity index (χ1v) is 6.59. The van der Waals surface area contributed by atoms with Crippen LogP contribution < -0.4 is 10.2 Å². The summed E-state index contributed by atoms with van der Waals surface area (Å²) in [6.45, 7) is 9.19. The smallest absolute Gasteiger partial charge is 0.159 e. The molecule has 0 aromatic heterocycles. The summed E-state index contributed by atoms with van der Waals surface area (Å²) in [6, 6.07) is 7.95. The Balaban J connectivity index is 2.17. The minimum absolute atomic E-state index is 0.124. The molecule has 3 heteroatoms. The normalized spacial score (nSPS) is 19.4. The molecule has 1 saturated heterocycles. The Hall–Kier alpha value is -1.35. The van der Waals surface area contributed by atoms with Gasteiger partial charge in [-0.1, -0.05) is 0 Å². The summed E-state index contributed by atoms with van der Waals surface area (Å²) in [7, 11) is 0. The summed E-state index contributed by atoms with van der Waals surface area (Å²) in [5.74, 6) is 0.124. The van der Waals surface area contributed by atoms with Crippen LogP contribution in [0, 0.1) is 0 Å². The largest absolute Gasteiger partial charge is 0.370 e. The Morgan fingerprint density at radius 3 is 2.56 bits per heavy atom. The summed E-state index contributed by atoms with van der Waals surface area (Å²) in [4.78, 5) is 13.7. The van der Waals surface area contributed by atoms with Crippen LogP contribution in [0.4, 0.5) is 5.69 Å². The predicted molar refractivity (Wildman–Crippen MR) is 75.4 cm³/mol. The van der Waals surface area contributed by atoms with Crippen molar-refractivity contribution in [3.63, 3.8) is 0 Å². The lowest BCUT2D eigenvalue weighted by Crippen LogP contribution is -2.46. The van der Waals surface area contributed by atoms with Crippen LogP contribution in [0.15, 0.2) is 24.3 Å². The third-order valence-electron chi connectivity index (χ3n) is 3.43. The maximum Gasteiger partial charge on any atom is 0.159 e. The van der Waals surface area contributed by atoms with Crippen molar-refractivity contribution in [2.24, 2.45) is 0 Å². The number of rotatable bonds is 2. The monoisotopic (exact) mass is 246 g/mol. The molecule has 1 aromatic rings. The van der Waals surface area contributed by atoms with Crippen LogP contribution in [0.2, 0.25) is 0 Å². The van der Waals surface area contributed by atoms with Crippen molar-refractivity contribution in [3.05, 3.63) is 29.8 Å². The van der Waals surface area contributed by atoms with E-state index in [4.69, 9.17) is 0 Å². The van der Waals surface area contributed by atoms with Crippen molar-refractivity contribution in [2.45, 2.75) is 32.7 Å². The van der Waals surface area contributed by atoms with Gasteiger partial charge >= 0.3 is 0 Å². The van der Waals surface area contributed by atoms with E-state index in [1.165, 1.54) is 5.69 Å². The van der Waals surface area contributed by atoms with E-state index in [2.05, 4.69) is 36.2 Å². The molecule has 3 nitrogen and oxygen atoms in total. The molecule has 18 heavy (non-hydrogen) atoms. The highest BCUT2D eigenvalue weighted by molar-refractivity contribution is 5.94. The van der Waals surface area contributed by atoms with E-state index in [9.17, 15) is 4.79 Å². The lowest BCUT2D eigenvalue weighted by molar-refractivity contribution is 0.101. The minimum atomic E-state index is 0.124. The molecular formula is C15H22N2O. The van der Waals surface area contributed by atoms with Gasteiger partial charge in [0.15, 0.2) is 5.78 Å². The van der Waals surface area contributed by atoms with Crippen LogP contribution in [0.3, 0.4) is 0 Å². The molecule has 0 saturated carbocycles. The first-order chi connectivity index (χ1) is 8.48. The average molecular weight is 246 g/mol. The molecule has 1 fully saturated rings. The standard InChI is InChI=1S/C15H22N2O/c1-12(18)13-5-7-14(8-6-13)17-10-4-9-16-15(2,3)11-17/h5-8,16H,4,9-11H2,1-3H3. The number of hydrogen-bond donors (Lipinski definition) is 1. The van der Waals surface area contributed by atoms with Crippen molar-refractivity contribution in [1.29, 1.82) is 0 Å². The number of ketones is 1. The number of Topliss-reactive ketones (excluding diaryl/α,β-unsaturated/α-hetero) is 1. The Labute approximate surface area is 109 Å². The van der Waals surface area contributed by atoms with Crippen LogP contribution in [0.5, 0.6) is 0 Å². The van der Waals surface area contributed by atoms with Gasteiger partial charge in [0.2, 0.25) is 0 Å². The van der Waals surface area contributed by atoms with Crippen LogP contribution in [0.25, 0.3) is 0 Å². The zero-order valence-electron chi connectivity index (χ0n) is 11.5. The number of carbonyl (C=O) groups is 1. The fourth-order valence-corrected chi connectivity index (χ4v) is 2.44. The van der Waals surface area contributed by atoms with Crippen LogP contribution in [0.1, 0.15) is 37.6 Å². The molecule has 0 radical (unpaired) electrons. The first kappa shape index (κ1) is 13.1. The zero-order chi connectivity index (χ0) is 13.2. The molecule has 98 valence electrons. The molecule has 1 aromatic carbocycles. The molecule has 0 atom stereocenters. The van der Waals surface area contributed by atoms with Gasteiger partial charge in [0.25, 0.3) is 0 Å². The van der Waals surface area contributed by atoms with Gasteiger partial charge < -0.3 is 10.2 Å². The maximum atomic E-state index is 11.3. The van der Waals surface area contributed by atoms with Crippen molar-refractivity contribution < 1.29 is 4.79 Å². The Morgan fingerprint density at radius 1 is 1.28 bits per heavy atom. The fourth-order valence-electron chi connectivity index (χ4n) is 2.44. The molecule has 0 bridgehead atoms. The first-order valence-electron chi connectivity index (χ1n) is 6.59. The van der Waals surface area contributed by atoms with Gasteiger partial charge in [0.1, 0.15) is 0 Å². The Morgan fingerprint density at radius 2 is 1.94 bits per heavy atom. The van der Waals surface area contributed by atoms with E-state index in [1.54, 1.807) is 6.92 Å². The topological polar surface area (TPSA) is 32.3 Å². The summed E-state index contributed by atoms with van der Waals surface area (Å²) in [5.41, 5.74) is 2.12. The summed E-state index contributed by atoms with van der Waals surface area (Å²) >= 11 is 0. The van der Waals surface area contributed by atoms with Crippen molar-refractivity contribution in [2.75, 3.05) is 24.5 Å². The average Bonchev–Trinajstić information content (AvgIpc) is 2.50. The summed E-state index contributed by atoms with van der Waals surface area (Å²) in [5, 5.41) is 3.55. The predicted octanol–water partition coefficient (Wildman–Crippen LogP) is 2.47. The molecule has 0 unspecified atom stereocenters. The summed E-state index contributed by atoms with van der Waals surface area (Å²) in [6.07, 6.45) is 1.15. The van der Waals surface area contributed by atoms with Crippen LogP contribution >= 0.6 is 0 Å². The van der Waals surface area contributed by atoms with Gasteiger partial charge in [-0.2, -0.15) is 0 Å². The Kier molecular flexibility index (Phi) is 3.71. The second-order valence-corrected chi connectivity index (χ2v) is 5.69. The quantitative estimate of drug-likeness (QED) is 0.814. The van der Waals surface area contributed by atoms with Gasteiger partial charge in [0, 0.05) is 29.9 Å². The maximum absolute atomic E-state index is 11.3. The van der Waals surface area contributed by atoms with Crippen LogP contribution in [-0.4, -0.2) is 31.0 Å². The number of nitrogens with zero attached hydrogens (tertiary/aromatic N) is 1.